The quantitative estimate of drug-likeness (QED) is 0.772. The van der Waals surface area contributed by atoms with E-state index < -0.39 is 0 Å². The van der Waals surface area contributed by atoms with Crippen molar-refractivity contribution in [3.63, 3.8) is 0 Å². The summed E-state index contributed by atoms with van der Waals surface area (Å²) in [7, 11) is 5.61. The molecule has 1 aromatic carbocycles. The van der Waals surface area contributed by atoms with E-state index in [1.807, 2.05) is 48.2 Å². The first-order valence-corrected chi connectivity index (χ1v) is 6.36. The third-order valence-electron chi connectivity index (χ3n) is 3.18. The van der Waals surface area contributed by atoms with Gasteiger partial charge in [-0.2, -0.15) is 0 Å². The second-order valence-corrected chi connectivity index (χ2v) is 4.99. The Balaban J connectivity index is 1.99. The molecule has 0 radical (unpaired) electrons. The third kappa shape index (κ3) is 3.35. The van der Waals surface area contributed by atoms with Crippen LogP contribution in [0.3, 0.4) is 0 Å². The molecule has 4 heteroatoms. The number of fused-ring (bicyclic) bond motifs is 1. The number of hydrogen-bond donors (Lipinski definition) is 0. The van der Waals surface area contributed by atoms with Gasteiger partial charge in [0.2, 0.25) is 5.91 Å². The Labute approximate surface area is 114 Å². The molecule has 1 aromatic rings. The largest absolute Gasteiger partial charge is 0.497 e. The van der Waals surface area contributed by atoms with Crippen molar-refractivity contribution in [3.8, 4) is 5.75 Å². The van der Waals surface area contributed by atoms with Gasteiger partial charge in [-0.1, -0.05) is 12.1 Å². The summed E-state index contributed by atoms with van der Waals surface area (Å²) in [6.45, 7) is 2.13. The summed E-state index contributed by atoms with van der Waals surface area (Å²) in [5.41, 5.74) is 2.38. The van der Waals surface area contributed by atoms with Gasteiger partial charge < -0.3 is 14.5 Å². The molecule has 0 saturated heterocycles. The predicted octanol–water partition coefficient (Wildman–Crippen LogP) is 1.66. The lowest BCUT2D eigenvalue weighted by Crippen LogP contribution is -2.23. The Morgan fingerprint density at radius 2 is 2.11 bits per heavy atom. The number of hydrogen-bond acceptors (Lipinski definition) is 3. The summed E-state index contributed by atoms with van der Waals surface area (Å²) in [6, 6.07) is 5.98. The number of likely N-dealkylation sites (N-methyl/N-ethyl adjacent to an activating group) is 1. The molecule has 19 heavy (non-hydrogen) atoms. The van der Waals surface area contributed by atoms with Crippen molar-refractivity contribution in [2.45, 2.75) is 13.1 Å². The van der Waals surface area contributed by atoms with Crippen LogP contribution >= 0.6 is 0 Å². The van der Waals surface area contributed by atoms with E-state index in [1.165, 1.54) is 11.1 Å². The molecular weight excluding hydrogens is 240 g/mol. The molecule has 0 saturated carbocycles. The number of carbonyl (C=O) groups is 1. The molecule has 0 unspecified atom stereocenters. The molecule has 1 amide bonds. The molecule has 0 bridgehead atoms. The number of rotatable bonds is 4. The molecule has 2 rings (SSSR count). The van der Waals surface area contributed by atoms with Crippen LogP contribution in [0, 0.1) is 0 Å². The van der Waals surface area contributed by atoms with Crippen LogP contribution in [0.15, 0.2) is 30.4 Å². The van der Waals surface area contributed by atoms with Gasteiger partial charge in [0.15, 0.2) is 0 Å². The van der Waals surface area contributed by atoms with Crippen LogP contribution in [0.2, 0.25) is 0 Å². The lowest BCUT2D eigenvalue weighted by Gasteiger charge is -2.12. The van der Waals surface area contributed by atoms with E-state index in [1.54, 1.807) is 13.2 Å². The molecule has 0 N–H and O–H groups in total. The van der Waals surface area contributed by atoms with Crippen molar-refractivity contribution in [1.82, 2.24) is 9.80 Å². The zero-order valence-corrected chi connectivity index (χ0v) is 11.7. The van der Waals surface area contributed by atoms with Crippen LogP contribution in [0.5, 0.6) is 5.75 Å². The summed E-state index contributed by atoms with van der Waals surface area (Å²) in [5, 5.41) is 0. The fraction of sp³-hybridized carbons (Fsp3) is 0.400. The predicted molar refractivity (Wildman–Crippen MR) is 74.9 cm³/mol. The minimum atomic E-state index is 0.0667. The van der Waals surface area contributed by atoms with E-state index in [2.05, 4.69) is 0 Å². The smallest absolute Gasteiger partial charge is 0.246 e. The van der Waals surface area contributed by atoms with Crippen molar-refractivity contribution in [2.75, 3.05) is 27.7 Å². The van der Waals surface area contributed by atoms with E-state index in [4.69, 9.17) is 4.74 Å². The minimum absolute atomic E-state index is 0.0667. The molecule has 0 aliphatic carbocycles. The van der Waals surface area contributed by atoms with E-state index in [0.717, 1.165) is 12.3 Å². The Hall–Kier alpha value is -1.81. The maximum Gasteiger partial charge on any atom is 0.246 e. The second-order valence-electron chi connectivity index (χ2n) is 4.99. The van der Waals surface area contributed by atoms with Gasteiger partial charge in [0, 0.05) is 25.7 Å². The van der Waals surface area contributed by atoms with E-state index in [0.29, 0.717) is 13.1 Å². The zero-order chi connectivity index (χ0) is 13.8. The number of ether oxygens (including phenoxy) is 1. The first-order valence-electron chi connectivity index (χ1n) is 6.36. The van der Waals surface area contributed by atoms with Gasteiger partial charge in [0.1, 0.15) is 5.75 Å². The van der Waals surface area contributed by atoms with Gasteiger partial charge in [-0.3, -0.25) is 4.79 Å². The first kappa shape index (κ1) is 13.6. The topological polar surface area (TPSA) is 32.8 Å². The number of nitrogens with zero attached hydrogens (tertiary/aromatic N) is 2. The normalized spacial score (nSPS) is 14.2. The monoisotopic (exact) mass is 260 g/mol. The first-order chi connectivity index (χ1) is 9.10. The van der Waals surface area contributed by atoms with Crippen LogP contribution in [0.1, 0.15) is 11.1 Å². The molecule has 102 valence electrons. The van der Waals surface area contributed by atoms with E-state index >= 15 is 0 Å². The highest BCUT2D eigenvalue weighted by Gasteiger charge is 2.21. The number of methoxy groups -OCH3 is 1. The lowest BCUT2D eigenvalue weighted by molar-refractivity contribution is -0.126. The minimum Gasteiger partial charge on any atom is -0.497 e. The van der Waals surface area contributed by atoms with Crippen molar-refractivity contribution < 1.29 is 9.53 Å². The lowest BCUT2D eigenvalue weighted by atomic mass is 10.1. The Kier molecular flexibility index (Phi) is 4.22. The summed E-state index contributed by atoms with van der Waals surface area (Å²) in [4.78, 5) is 15.9. The summed E-state index contributed by atoms with van der Waals surface area (Å²) in [6.07, 6.45) is 3.55. The number of benzene rings is 1. The van der Waals surface area contributed by atoms with Gasteiger partial charge in [-0.15, -0.1) is 0 Å². The SMILES string of the molecule is COc1ccc2c(c1)CN(C(=O)/C=C/CN(C)C)C2. The van der Waals surface area contributed by atoms with E-state index in [9.17, 15) is 4.79 Å². The average Bonchev–Trinajstić information content (AvgIpc) is 2.80. The highest BCUT2D eigenvalue weighted by atomic mass is 16.5. The standard InChI is InChI=1S/C15H20N2O2/c1-16(2)8-4-5-15(18)17-10-12-6-7-14(19-3)9-13(12)11-17/h4-7,9H,8,10-11H2,1-3H3/b5-4+. The van der Waals surface area contributed by atoms with Crippen molar-refractivity contribution in [1.29, 1.82) is 0 Å². The Morgan fingerprint density at radius 3 is 2.79 bits per heavy atom. The Bertz CT molecular complexity index is 495. The van der Waals surface area contributed by atoms with Gasteiger partial charge in [-0.25, -0.2) is 0 Å². The van der Waals surface area contributed by atoms with Crippen LogP contribution in [0.25, 0.3) is 0 Å². The molecule has 0 spiro atoms. The third-order valence-corrected chi connectivity index (χ3v) is 3.18. The summed E-state index contributed by atoms with van der Waals surface area (Å²) in [5.74, 6) is 0.910. The van der Waals surface area contributed by atoms with Crippen molar-refractivity contribution >= 4 is 5.91 Å². The van der Waals surface area contributed by atoms with Crippen LogP contribution < -0.4 is 4.74 Å². The fourth-order valence-electron chi connectivity index (χ4n) is 2.12. The van der Waals surface area contributed by atoms with Gasteiger partial charge >= 0.3 is 0 Å². The van der Waals surface area contributed by atoms with Crippen molar-refractivity contribution in [3.05, 3.63) is 41.5 Å². The van der Waals surface area contributed by atoms with Crippen LogP contribution in [0.4, 0.5) is 0 Å². The summed E-state index contributed by atoms with van der Waals surface area (Å²) < 4.78 is 5.20. The van der Waals surface area contributed by atoms with Crippen LogP contribution in [-0.2, 0) is 17.9 Å². The highest BCUT2D eigenvalue weighted by Crippen LogP contribution is 2.26. The van der Waals surface area contributed by atoms with Gasteiger partial charge in [0.05, 0.1) is 7.11 Å². The van der Waals surface area contributed by atoms with Crippen LogP contribution in [-0.4, -0.2) is 43.5 Å². The highest BCUT2D eigenvalue weighted by molar-refractivity contribution is 5.88. The van der Waals surface area contributed by atoms with Gasteiger partial charge in [-0.05, 0) is 37.4 Å². The Morgan fingerprint density at radius 1 is 1.37 bits per heavy atom. The average molecular weight is 260 g/mol. The molecule has 0 aromatic heterocycles. The molecule has 0 atom stereocenters. The molecule has 0 fully saturated rings. The molecule has 1 aliphatic rings. The molecule has 1 aliphatic heterocycles. The maximum atomic E-state index is 12.0. The second kappa shape index (κ2) is 5.89. The molecule has 1 heterocycles. The van der Waals surface area contributed by atoms with Gasteiger partial charge in [0.25, 0.3) is 0 Å². The van der Waals surface area contributed by atoms with Crippen molar-refractivity contribution in [2.24, 2.45) is 0 Å². The molecule has 4 nitrogen and oxygen atoms in total. The zero-order valence-electron chi connectivity index (χ0n) is 11.7. The summed E-state index contributed by atoms with van der Waals surface area (Å²) >= 11 is 0. The number of carbonyl (C=O) groups excluding carboxylic acids is 1. The number of amides is 1. The molecular formula is C15H20N2O2. The maximum absolute atomic E-state index is 12.0. The van der Waals surface area contributed by atoms with E-state index in [-0.39, 0.29) is 5.91 Å². The fourth-order valence-corrected chi connectivity index (χ4v) is 2.12.